The van der Waals surface area contributed by atoms with Crippen molar-refractivity contribution in [2.45, 2.75) is 24.9 Å². The Morgan fingerprint density at radius 1 is 1.36 bits per heavy atom. The van der Waals surface area contributed by atoms with Crippen LogP contribution in [0.15, 0.2) is 24.3 Å². The Hall–Kier alpha value is -1.35. The molecule has 0 amide bonds. The highest BCUT2D eigenvalue weighted by Gasteiger charge is 2.36. The van der Waals surface area contributed by atoms with E-state index in [1.165, 1.54) is 6.07 Å². The van der Waals surface area contributed by atoms with Crippen LogP contribution in [-0.2, 0) is 5.60 Å². The smallest absolute Gasteiger partial charge is 0.335 e. The molecule has 74 valence electrons. The van der Waals surface area contributed by atoms with E-state index in [4.69, 9.17) is 5.11 Å². The van der Waals surface area contributed by atoms with E-state index in [2.05, 4.69) is 0 Å². The normalized spacial score (nSPS) is 18.6. The minimum atomic E-state index is -0.949. The average molecular weight is 192 g/mol. The summed E-state index contributed by atoms with van der Waals surface area (Å²) < 4.78 is 0. The lowest BCUT2D eigenvalue weighted by Gasteiger charge is -2.37. The quantitative estimate of drug-likeness (QED) is 0.750. The number of carbonyl (C=O) groups is 1. The lowest BCUT2D eigenvalue weighted by atomic mass is 9.75. The van der Waals surface area contributed by atoms with Gasteiger partial charge < -0.3 is 10.2 Å². The van der Waals surface area contributed by atoms with E-state index in [1.54, 1.807) is 18.2 Å². The van der Waals surface area contributed by atoms with Crippen molar-refractivity contribution in [2.75, 3.05) is 0 Å². The SMILES string of the molecule is O=C(O)c1cccc(C2(O)CCC2)c1. The molecule has 0 unspecified atom stereocenters. The van der Waals surface area contributed by atoms with Crippen LogP contribution >= 0.6 is 0 Å². The molecule has 0 saturated heterocycles. The number of hydrogen-bond acceptors (Lipinski definition) is 2. The van der Waals surface area contributed by atoms with E-state index in [1.807, 2.05) is 0 Å². The van der Waals surface area contributed by atoms with Crippen molar-refractivity contribution in [2.24, 2.45) is 0 Å². The molecule has 2 N–H and O–H groups in total. The molecule has 2 rings (SSSR count). The largest absolute Gasteiger partial charge is 0.478 e. The van der Waals surface area contributed by atoms with Crippen LogP contribution in [0.2, 0.25) is 0 Å². The van der Waals surface area contributed by atoms with Gasteiger partial charge in [0.15, 0.2) is 0 Å². The van der Waals surface area contributed by atoms with Crippen LogP contribution in [0.3, 0.4) is 0 Å². The molecule has 1 saturated carbocycles. The highest BCUT2D eigenvalue weighted by Crippen LogP contribution is 2.41. The van der Waals surface area contributed by atoms with Crippen LogP contribution in [0, 0.1) is 0 Å². The Kier molecular flexibility index (Phi) is 2.04. The lowest BCUT2D eigenvalue weighted by Crippen LogP contribution is -2.33. The maximum atomic E-state index is 10.7. The van der Waals surface area contributed by atoms with Crippen molar-refractivity contribution in [3.63, 3.8) is 0 Å². The second-order valence-corrected chi connectivity index (χ2v) is 3.77. The Labute approximate surface area is 82.0 Å². The first kappa shape index (κ1) is 9.21. The molecule has 1 aliphatic rings. The summed E-state index contributed by atoms with van der Waals surface area (Å²) in [4.78, 5) is 10.7. The molecule has 3 heteroatoms. The average Bonchev–Trinajstić information content (AvgIpc) is 2.14. The molecule has 1 aromatic rings. The molecular weight excluding hydrogens is 180 g/mol. The van der Waals surface area contributed by atoms with Crippen LogP contribution in [0.5, 0.6) is 0 Å². The maximum Gasteiger partial charge on any atom is 0.335 e. The van der Waals surface area contributed by atoms with Gasteiger partial charge in [0.1, 0.15) is 0 Å². The molecular formula is C11H12O3. The maximum absolute atomic E-state index is 10.7. The molecule has 1 fully saturated rings. The number of carboxylic acids is 1. The predicted octanol–water partition coefficient (Wildman–Crippen LogP) is 1.76. The Morgan fingerprint density at radius 3 is 2.57 bits per heavy atom. The second-order valence-electron chi connectivity index (χ2n) is 3.77. The van der Waals surface area contributed by atoms with E-state index >= 15 is 0 Å². The summed E-state index contributed by atoms with van der Waals surface area (Å²) in [6.07, 6.45) is 2.47. The summed E-state index contributed by atoms with van der Waals surface area (Å²) in [5.74, 6) is -0.949. The van der Waals surface area contributed by atoms with E-state index in [-0.39, 0.29) is 5.56 Å². The number of carboxylic acid groups (broad SMARTS) is 1. The summed E-state index contributed by atoms with van der Waals surface area (Å²) in [5, 5.41) is 18.8. The van der Waals surface area contributed by atoms with Gasteiger partial charge in [-0.2, -0.15) is 0 Å². The summed E-state index contributed by atoms with van der Waals surface area (Å²) >= 11 is 0. The number of aromatic carboxylic acids is 1. The van der Waals surface area contributed by atoms with Gasteiger partial charge in [0.2, 0.25) is 0 Å². The molecule has 0 aliphatic heterocycles. The molecule has 3 nitrogen and oxygen atoms in total. The molecule has 0 heterocycles. The fourth-order valence-electron chi connectivity index (χ4n) is 1.74. The number of aliphatic hydroxyl groups is 1. The van der Waals surface area contributed by atoms with Gasteiger partial charge in [-0.25, -0.2) is 4.79 Å². The highest BCUT2D eigenvalue weighted by atomic mass is 16.4. The van der Waals surface area contributed by atoms with Gasteiger partial charge >= 0.3 is 5.97 Å². The third-order valence-electron chi connectivity index (χ3n) is 2.83. The lowest BCUT2D eigenvalue weighted by molar-refractivity contribution is -0.0388. The zero-order valence-corrected chi connectivity index (χ0v) is 7.73. The van der Waals surface area contributed by atoms with Crippen molar-refractivity contribution >= 4 is 5.97 Å². The first-order valence-electron chi connectivity index (χ1n) is 4.68. The van der Waals surface area contributed by atoms with Crippen LogP contribution in [-0.4, -0.2) is 16.2 Å². The molecule has 0 radical (unpaired) electrons. The van der Waals surface area contributed by atoms with E-state index in [9.17, 15) is 9.90 Å². The van der Waals surface area contributed by atoms with Crippen molar-refractivity contribution in [3.05, 3.63) is 35.4 Å². The fourth-order valence-corrected chi connectivity index (χ4v) is 1.74. The number of hydrogen-bond donors (Lipinski definition) is 2. The first-order chi connectivity index (χ1) is 6.62. The molecule has 14 heavy (non-hydrogen) atoms. The van der Waals surface area contributed by atoms with Crippen LogP contribution in [0.25, 0.3) is 0 Å². The van der Waals surface area contributed by atoms with Gasteiger partial charge in [-0.1, -0.05) is 12.1 Å². The fraction of sp³-hybridized carbons (Fsp3) is 0.364. The zero-order chi connectivity index (χ0) is 10.2. The van der Waals surface area contributed by atoms with E-state index in [0.717, 1.165) is 24.8 Å². The minimum absolute atomic E-state index is 0.239. The molecule has 0 spiro atoms. The van der Waals surface area contributed by atoms with Crippen LogP contribution in [0.4, 0.5) is 0 Å². The molecule has 1 aliphatic carbocycles. The van der Waals surface area contributed by atoms with Crippen molar-refractivity contribution < 1.29 is 15.0 Å². The topological polar surface area (TPSA) is 57.5 Å². The summed E-state index contributed by atoms with van der Waals surface area (Å²) in [6, 6.07) is 6.55. The van der Waals surface area contributed by atoms with Gasteiger partial charge in [-0.05, 0) is 37.0 Å². The third kappa shape index (κ3) is 1.40. The summed E-state index contributed by atoms with van der Waals surface area (Å²) in [6.45, 7) is 0. The Bertz CT molecular complexity index is 367. The van der Waals surface area contributed by atoms with Gasteiger partial charge in [-0.15, -0.1) is 0 Å². The van der Waals surface area contributed by atoms with Gasteiger partial charge in [0.05, 0.1) is 11.2 Å². The van der Waals surface area contributed by atoms with Gasteiger partial charge in [0.25, 0.3) is 0 Å². The summed E-state index contributed by atoms with van der Waals surface area (Å²) in [5.41, 5.74) is 0.192. The first-order valence-corrected chi connectivity index (χ1v) is 4.68. The molecule has 0 atom stereocenters. The minimum Gasteiger partial charge on any atom is -0.478 e. The van der Waals surface area contributed by atoms with Crippen molar-refractivity contribution in [1.29, 1.82) is 0 Å². The standard InChI is InChI=1S/C11H12O3/c12-10(13)8-3-1-4-9(7-8)11(14)5-2-6-11/h1,3-4,7,14H,2,5-6H2,(H,12,13). The Morgan fingerprint density at radius 2 is 2.07 bits per heavy atom. The van der Waals surface area contributed by atoms with Gasteiger partial charge in [-0.3, -0.25) is 0 Å². The zero-order valence-electron chi connectivity index (χ0n) is 7.73. The molecule has 1 aromatic carbocycles. The molecule has 0 aromatic heterocycles. The second kappa shape index (κ2) is 3.10. The molecule has 0 bridgehead atoms. The Balaban J connectivity index is 2.35. The van der Waals surface area contributed by atoms with Crippen molar-refractivity contribution in [1.82, 2.24) is 0 Å². The van der Waals surface area contributed by atoms with Gasteiger partial charge in [0, 0.05) is 0 Å². The summed E-state index contributed by atoms with van der Waals surface area (Å²) in [7, 11) is 0. The monoisotopic (exact) mass is 192 g/mol. The number of benzene rings is 1. The van der Waals surface area contributed by atoms with E-state index < -0.39 is 11.6 Å². The van der Waals surface area contributed by atoms with Crippen LogP contribution in [0.1, 0.15) is 35.2 Å². The number of rotatable bonds is 2. The van der Waals surface area contributed by atoms with E-state index in [0.29, 0.717) is 0 Å². The van der Waals surface area contributed by atoms with Crippen LogP contribution < -0.4 is 0 Å². The highest BCUT2D eigenvalue weighted by molar-refractivity contribution is 5.87. The van der Waals surface area contributed by atoms with Crippen molar-refractivity contribution in [3.8, 4) is 0 Å². The third-order valence-corrected chi connectivity index (χ3v) is 2.83. The predicted molar refractivity (Wildman–Crippen MR) is 51.1 cm³/mol.